The summed E-state index contributed by atoms with van der Waals surface area (Å²) in [4.78, 5) is 0.712. The number of hydrogen-bond donors (Lipinski definition) is 1. The van der Waals surface area contributed by atoms with Gasteiger partial charge in [0.2, 0.25) is 0 Å². The summed E-state index contributed by atoms with van der Waals surface area (Å²) in [5.74, 6) is 0.646. The van der Waals surface area contributed by atoms with Gasteiger partial charge in [0.1, 0.15) is 11.9 Å². The third kappa shape index (κ3) is 2.92. The first-order valence-corrected chi connectivity index (χ1v) is 6.94. The Morgan fingerprint density at radius 3 is 3.00 bits per heavy atom. The molecular formula is C12H15ClN2O3S. The zero-order chi connectivity index (χ0) is 13.8. The number of rotatable bonds is 6. The van der Waals surface area contributed by atoms with Gasteiger partial charge in [-0.15, -0.1) is 11.3 Å². The molecule has 104 valence electrons. The first-order valence-electron chi connectivity index (χ1n) is 5.68. The maximum absolute atomic E-state index is 10.5. The minimum Gasteiger partial charge on any atom is -0.495 e. The lowest BCUT2D eigenvalue weighted by atomic mass is 10.2. The van der Waals surface area contributed by atoms with Crippen molar-refractivity contribution in [3.05, 3.63) is 33.2 Å². The molecule has 0 amide bonds. The fourth-order valence-corrected chi connectivity index (χ4v) is 2.89. The van der Waals surface area contributed by atoms with Crippen molar-refractivity contribution in [3.8, 4) is 5.75 Å². The van der Waals surface area contributed by atoms with Crippen LogP contribution in [0.2, 0.25) is 5.02 Å². The van der Waals surface area contributed by atoms with Gasteiger partial charge in [-0.25, -0.2) is 0 Å². The summed E-state index contributed by atoms with van der Waals surface area (Å²) < 4.78 is 11.9. The Labute approximate surface area is 120 Å². The zero-order valence-electron chi connectivity index (χ0n) is 10.7. The number of aliphatic hydroxyl groups is 1. The highest BCUT2D eigenvalue weighted by molar-refractivity contribution is 7.10. The summed E-state index contributed by atoms with van der Waals surface area (Å²) in [6.45, 7) is 1.03. The van der Waals surface area contributed by atoms with E-state index in [1.807, 2.05) is 11.4 Å². The number of methoxy groups -OCH3 is 2. The maximum Gasteiger partial charge on any atom is 0.135 e. The van der Waals surface area contributed by atoms with Crippen molar-refractivity contribution in [2.24, 2.45) is 0 Å². The van der Waals surface area contributed by atoms with Crippen LogP contribution < -0.4 is 4.74 Å². The number of aliphatic hydroxyl groups excluding tert-OH is 1. The van der Waals surface area contributed by atoms with Crippen molar-refractivity contribution in [3.63, 3.8) is 0 Å². The summed E-state index contributed by atoms with van der Waals surface area (Å²) in [6.07, 6.45) is 0.664. The van der Waals surface area contributed by atoms with E-state index >= 15 is 0 Å². The fraction of sp³-hybridized carbons (Fsp3) is 0.417. The van der Waals surface area contributed by atoms with Crippen LogP contribution in [0.25, 0.3) is 0 Å². The molecule has 0 aliphatic rings. The smallest absolute Gasteiger partial charge is 0.135 e. The third-order valence-corrected chi connectivity index (χ3v) is 3.97. The van der Waals surface area contributed by atoms with Gasteiger partial charge in [-0.05, 0) is 11.4 Å². The van der Waals surface area contributed by atoms with Gasteiger partial charge >= 0.3 is 0 Å². The fourth-order valence-electron chi connectivity index (χ4n) is 1.80. The van der Waals surface area contributed by atoms with Crippen LogP contribution in [0, 0.1) is 0 Å². The first kappa shape index (κ1) is 14.3. The second-order valence-electron chi connectivity index (χ2n) is 3.85. The molecule has 0 radical (unpaired) electrons. The lowest BCUT2D eigenvalue weighted by molar-refractivity contribution is 0.171. The van der Waals surface area contributed by atoms with E-state index in [1.54, 1.807) is 18.9 Å². The summed E-state index contributed by atoms with van der Waals surface area (Å²) in [6, 6.07) is 1.81. The molecule has 1 atom stereocenters. The van der Waals surface area contributed by atoms with Crippen LogP contribution in [-0.4, -0.2) is 35.7 Å². The van der Waals surface area contributed by atoms with Crippen molar-refractivity contribution in [1.82, 2.24) is 9.78 Å². The van der Waals surface area contributed by atoms with Crippen molar-refractivity contribution >= 4 is 22.9 Å². The van der Waals surface area contributed by atoms with E-state index in [4.69, 9.17) is 21.1 Å². The predicted molar refractivity (Wildman–Crippen MR) is 74.0 cm³/mol. The number of halogens is 1. The van der Waals surface area contributed by atoms with Crippen molar-refractivity contribution in [2.45, 2.75) is 12.6 Å². The molecule has 2 aromatic heterocycles. The highest BCUT2D eigenvalue weighted by Crippen LogP contribution is 2.37. The van der Waals surface area contributed by atoms with E-state index in [0.29, 0.717) is 34.5 Å². The molecule has 2 rings (SSSR count). The molecule has 0 aliphatic carbocycles. The maximum atomic E-state index is 10.5. The molecule has 0 spiro atoms. The number of ether oxygens (including phenoxy) is 2. The van der Waals surface area contributed by atoms with Crippen LogP contribution in [0.1, 0.15) is 16.7 Å². The van der Waals surface area contributed by atoms with E-state index in [0.717, 1.165) is 0 Å². The Bertz CT molecular complexity index is 541. The van der Waals surface area contributed by atoms with Gasteiger partial charge in [0.25, 0.3) is 0 Å². The van der Waals surface area contributed by atoms with Crippen LogP contribution >= 0.6 is 22.9 Å². The molecular weight excluding hydrogens is 288 g/mol. The standard InChI is InChI=1S/C12H15ClN2O3S/c1-17-5-4-15-10(8(13)7-14-15)11(16)12-9(18-2)3-6-19-12/h3,6-7,11,16H,4-5H2,1-2H3. The topological polar surface area (TPSA) is 56.5 Å². The first-order chi connectivity index (χ1) is 9.19. The van der Waals surface area contributed by atoms with Crippen LogP contribution in [0.3, 0.4) is 0 Å². The van der Waals surface area contributed by atoms with Crippen molar-refractivity contribution < 1.29 is 14.6 Å². The predicted octanol–water partition coefficient (Wildman–Crippen LogP) is 2.33. The zero-order valence-corrected chi connectivity index (χ0v) is 12.2. The van der Waals surface area contributed by atoms with Gasteiger partial charge in [-0.1, -0.05) is 11.6 Å². The summed E-state index contributed by atoms with van der Waals surface area (Å²) in [5.41, 5.74) is 0.555. The molecule has 1 N–H and O–H groups in total. The molecule has 0 bridgehead atoms. The molecule has 0 fully saturated rings. The van der Waals surface area contributed by atoms with Gasteiger partial charge in [-0.3, -0.25) is 4.68 Å². The Balaban J connectivity index is 2.32. The lowest BCUT2D eigenvalue weighted by Crippen LogP contribution is -2.13. The second kappa shape index (κ2) is 6.38. The molecule has 2 aromatic rings. The summed E-state index contributed by atoms with van der Waals surface area (Å²) >= 11 is 7.53. The Morgan fingerprint density at radius 2 is 2.32 bits per heavy atom. The highest BCUT2D eigenvalue weighted by Gasteiger charge is 2.23. The largest absolute Gasteiger partial charge is 0.495 e. The number of aromatic nitrogens is 2. The molecule has 0 saturated heterocycles. The number of hydrogen-bond acceptors (Lipinski definition) is 5. The van der Waals surface area contributed by atoms with Gasteiger partial charge in [0.15, 0.2) is 0 Å². The molecule has 0 aromatic carbocycles. The molecule has 0 saturated carbocycles. The van der Waals surface area contributed by atoms with E-state index in [2.05, 4.69) is 5.10 Å². The van der Waals surface area contributed by atoms with Gasteiger partial charge in [0.05, 0.1) is 42.1 Å². The minimum atomic E-state index is -0.859. The lowest BCUT2D eigenvalue weighted by Gasteiger charge is -2.14. The molecule has 2 heterocycles. The number of nitrogens with zero attached hydrogens (tertiary/aromatic N) is 2. The Morgan fingerprint density at radius 1 is 1.53 bits per heavy atom. The van der Waals surface area contributed by atoms with Crippen LogP contribution in [-0.2, 0) is 11.3 Å². The van der Waals surface area contributed by atoms with Crippen molar-refractivity contribution in [1.29, 1.82) is 0 Å². The Kier molecular flexibility index (Phi) is 4.81. The Hall–Kier alpha value is -1.08. The van der Waals surface area contributed by atoms with E-state index in [9.17, 15) is 5.11 Å². The minimum absolute atomic E-state index is 0.430. The van der Waals surface area contributed by atoms with Crippen LogP contribution in [0.15, 0.2) is 17.6 Å². The highest BCUT2D eigenvalue weighted by atomic mass is 35.5. The molecule has 1 unspecified atom stereocenters. The van der Waals surface area contributed by atoms with Gasteiger partial charge < -0.3 is 14.6 Å². The second-order valence-corrected chi connectivity index (χ2v) is 5.20. The molecule has 19 heavy (non-hydrogen) atoms. The number of thiophene rings is 1. The molecule has 7 heteroatoms. The summed E-state index contributed by atoms with van der Waals surface area (Å²) in [5, 5.41) is 16.9. The van der Waals surface area contributed by atoms with Crippen LogP contribution in [0.5, 0.6) is 5.75 Å². The third-order valence-electron chi connectivity index (χ3n) is 2.72. The van der Waals surface area contributed by atoms with E-state index < -0.39 is 6.10 Å². The van der Waals surface area contributed by atoms with E-state index in [-0.39, 0.29) is 0 Å². The van der Waals surface area contributed by atoms with Gasteiger partial charge in [-0.2, -0.15) is 5.10 Å². The quantitative estimate of drug-likeness (QED) is 0.890. The van der Waals surface area contributed by atoms with E-state index in [1.165, 1.54) is 17.5 Å². The van der Waals surface area contributed by atoms with Gasteiger partial charge in [0, 0.05) is 7.11 Å². The van der Waals surface area contributed by atoms with Crippen LogP contribution in [0.4, 0.5) is 0 Å². The SMILES string of the molecule is COCCn1ncc(Cl)c1C(O)c1sccc1OC. The van der Waals surface area contributed by atoms with Crippen molar-refractivity contribution in [2.75, 3.05) is 20.8 Å². The monoisotopic (exact) mass is 302 g/mol. The normalized spacial score (nSPS) is 12.6. The molecule has 0 aliphatic heterocycles. The average molecular weight is 303 g/mol. The summed E-state index contributed by atoms with van der Waals surface area (Å²) in [7, 11) is 3.19. The molecule has 5 nitrogen and oxygen atoms in total. The average Bonchev–Trinajstić information content (AvgIpc) is 3.02.